The molecule has 2 heterocycles. The fourth-order valence-electron chi connectivity index (χ4n) is 0.882. The minimum atomic E-state index is -2.22. The maximum absolute atomic E-state index is 10.5. The first-order valence-electron chi connectivity index (χ1n) is 2.63. The summed E-state index contributed by atoms with van der Waals surface area (Å²) in [6, 6.07) is 0. The monoisotopic (exact) mass is 156 g/mol. The molecule has 2 aliphatic rings. The Bertz CT molecular complexity index is 249. The summed E-state index contributed by atoms with van der Waals surface area (Å²) in [5.41, 5.74) is -2.22. The molecule has 2 rings (SSSR count). The van der Waals surface area contributed by atoms with E-state index in [4.69, 9.17) is 0 Å². The van der Waals surface area contributed by atoms with Crippen LogP contribution in [0, 0.1) is 5.41 Å². The summed E-state index contributed by atoms with van der Waals surface area (Å²) in [5.74, 6) is -4.54. The molecule has 0 aromatic heterocycles. The van der Waals surface area contributed by atoms with Gasteiger partial charge in [-0.3, -0.25) is 0 Å². The molecule has 0 N–H and O–H groups in total. The minimum absolute atomic E-state index is 1.14. The second-order valence-electron chi connectivity index (χ2n) is 2.10. The van der Waals surface area contributed by atoms with Crippen LogP contribution in [0.3, 0.4) is 0 Å². The van der Waals surface area contributed by atoms with Crippen LogP contribution in [-0.2, 0) is 28.7 Å². The third kappa shape index (κ3) is 0.356. The zero-order valence-corrected chi connectivity index (χ0v) is 4.95. The highest BCUT2D eigenvalue weighted by molar-refractivity contribution is 6.46. The standard InChI is InChI=1S/C5O6/c6-1-5(2(7)10-1)3(8)11-4(5)9. The number of rotatable bonds is 0. The number of hydrogen-bond donors (Lipinski definition) is 0. The second kappa shape index (κ2) is 1.31. The molecule has 2 saturated heterocycles. The van der Waals surface area contributed by atoms with Crippen LogP contribution in [0.1, 0.15) is 0 Å². The van der Waals surface area contributed by atoms with Crippen molar-refractivity contribution >= 4 is 23.9 Å². The fraction of sp³-hybridized carbons (Fsp3) is 0.200. The Morgan fingerprint density at radius 3 is 1.09 bits per heavy atom. The van der Waals surface area contributed by atoms with Crippen molar-refractivity contribution in [2.45, 2.75) is 0 Å². The van der Waals surface area contributed by atoms with Crippen LogP contribution in [0.2, 0.25) is 0 Å². The van der Waals surface area contributed by atoms with E-state index in [1.165, 1.54) is 0 Å². The molecule has 0 radical (unpaired) electrons. The van der Waals surface area contributed by atoms with Gasteiger partial charge in [0.2, 0.25) is 0 Å². The Labute approximate surface area is 59.1 Å². The van der Waals surface area contributed by atoms with Crippen molar-refractivity contribution in [2.24, 2.45) is 5.41 Å². The van der Waals surface area contributed by atoms with Crippen molar-refractivity contribution in [2.75, 3.05) is 0 Å². The number of carbonyl (C=O) groups excluding carboxylic acids is 4. The van der Waals surface area contributed by atoms with E-state index in [-0.39, 0.29) is 0 Å². The molecule has 11 heavy (non-hydrogen) atoms. The summed E-state index contributed by atoms with van der Waals surface area (Å²) >= 11 is 0. The number of cyclic esters (lactones) is 4. The van der Waals surface area contributed by atoms with Gasteiger partial charge in [0.1, 0.15) is 0 Å². The summed E-state index contributed by atoms with van der Waals surface area (Å²) in [6.45, 7) is 0. The first-order valence-corrected chi connectivity index (χ1v) is 2.63. The van der Waals surface area contributed by atoms with Crippen LogP contribution < -0.4 is 0 Å². The van der Waals surface area contributed by atoms with Crippen molar-refractivity contribution in [1.29, 1.82) is 0 Å². The summed E-state index contributed by atoms with van der Waals surface area (Å²) in [4.78, 5) is 42.0. The third-order valence-corrected chi connectivity index (χ3v) is 1.60. The SMILES string of the molecule is O=C1OC(=O)C12C(=O)OC2=O. The lowest BCUT2D eigenvalue weighted by Gasteiger charge is -2.36. The van der Waals surface area contributed by atoms with Crippen LogP contribution >= 0.6 is 0 Å². The lowest BCUT2D eigenvalue weighted by Crippen LogP contribution is -2.71. The van der Waals surface area contributed by atoms with E-state index in [9.17, 15) is 19.2 Å². The van der Waals surface area contributed by atoms with Crippen molar-refractivity contribution in [3.05, 3.63) is 0 Å². The van der Waals surface area contributed by atoms with Gasteiger partial charge < -0.3 is 9.47 Å². The average Bonchev–Trinajstić information content (AvgIpc) is 1.86. The molecule has 0 aliphatic carbocycles. The van der Waals surface area contributed by atoms with Crippen LogP contribution in [0.4, 0.5) is 0 Å². The lowest BCUT2D eigenvalue weighted by atomic mass is 9.80. The Kier molecular flexibility index (Phi) is 0.719. The quantitative estimate of drug-likeness (QED) is 0.302. The van der Waals surface area contributed by atoms with Crippen molar-refractivity contribution < 1.29 is 28.7 Å². The number of ether oxygens (including phenoxy) is 2. The summed E-state index contributed by atoms with van der Waals surface area (Å²) in [6.07, 6.45) is 0. The van der Waals surface area contributed by atoms with Gasteiger partial charge in [0.15, 0.2) is 0 Å². The largest absolute Gasteiger partial charge is 0.390 e. The molecule has 1 spiro atoms. The van der Waals surface area contributed by atoms with Crippen LogP contribution in [0.25, 0.3) is 0 Å². The minimum Gasteiger partial charge on any atom is -0.390 e. The van der Waals surface area contributed by atoms with E-state index in [1.54, 1.807) is 0 Å². The zero-order chi connectivity index (χ0) is 8.22. The molecule has 56 valence electrons. The molecule has 2 aliphatic heterocycles. The van der Waals surface area contributed by atoms with Gasteiger partial charge in [-0.25, -0.2) is 19.2 Å². The highest BCUT2D eigenvalue weighted by atomic mass is 16.7. The van der Waals surface area contributed by atoms with Gasteiger partial charge in [0, 0.05) is 0 Å². The van der Waals surface area contributed by atoms with Gasteiger partial charge in [-0.05, 0) is 0 Å². The molecule has 6 heteroatoms. The topological polar surface area (TPSA) is 86.7 Å². The molecule has 2 fully saturated rings. The average molecular weight is 156 g/mol. The molecule has 6 nitrogen and oxygen atoms in total. The third-order valence-electron chi connectivity index (χ3n) is 1.60. The normalized spacial score (nSPS) is 25.5. The number of esters is 4. The Hall–Kier alpha value is -1.72. The van der Waals surface area contributed by atoms with Crippen molar-refractivity contribution in [3.8, 4) is 0 Å². The molecular weight excluding hydrogens is 156 g/mol. The smallest absolute Gasteiger partial charge is 0.357 e. The van der Waals surface area contributed by atoms with E-state index >= 15 is 0 Å². The molecular formula is C5O6. The Morgan fingerprint density at radius 1 is 0.727 bits per heavy atom. The maximum atomic E-state index is 10.5. The second-order valence-corrected chi connectivity index (χ2v) is 2.10. The molecule has 0 amide bonds. The van der Waals surface area contributed by atoms with Crippen LogP contribution in [-0.4, -0.2) is 23.9 Å². The Balaban J connectivity index is 2.49. The highest BCUT2D eigenvalue weighted by Gasteiger charge is 2.80. The van der Waals surface area contributed by atoms with Gasteiger partial charge >= 0.3 is 29.3 Å². The summed E-state index contributed by atoms with van der Waals surface area (Å²) in [5, 5.41) is 0. The van der Waals surface area contributed by atoms with Gasteiger partial charge in [0.25, 0.3) is 0 Å². The molecule has 0 aromatic carbocycles. The zero-order valence-electron chi connectivity index (χ0n) is 4.95. The van der Waals surface area contributed by atoms with Crippen molar-refractivity contribution in [3.63, 3.8) is 0 Å². The summed E-state index contributed by atoms with van der Waals surface area (Å²) in [7, 11) is 0. The van der Waals surface area contributed by atoms with Crippen molar-refractivity contribution in [1.82, 2.24) is 0 Å². The van der Waals surface area contributed by atoms with E-state index < -0.39 is 29.3 Å². The molecule has 0 saturated carbocycles. The maximum Gasteiger partial charge on any atom is 0.357 e. The highest BCUT2D eigenvalue weighted by Crippen LogP contribution is 2.40. The van der Waals surface area contributed by atoms with Crippen LogP contribution in [0.5, 0.6) is 0 Å². The van der Waals surface area contributed by atoms with E-state index in [0.29, 0.717) is 0 Å². The van der Waals surface area contributed by atoms with E-state index in [0.717, 1.165) is 0 Å². The predicted molar refractivity (Wildman–Crippen MR) is 24.6 cm³/mol. The Morgan fingerprint density at radius 2 is 1.00 bits per heavy atom. The number of hydrogen-bond acceptors (Lipinski definition) is 6. The molecule has 0 bridgehead atoms. The van der Waals surface area contributed by atoms with E-state index in [2.05, 4.69) is 9.47 Å². The number of carbonyl (C=O) groups is 4. The van der Waals surface area contributed by atoms with Gasteiger partial charge in [0.05, 0.1) is 0 Å². The van der Waals surface area contributed by atoms with Gasteiger partial charge in [-0.2, -0.15) is 0 Å². The first-order chi connectivity index (χ1) is 5.10. The molecule has 0 unspecified atom stereocenters. The van der Waals surface area contributed by atoms with Crippen LogP contribution in [0.15, 0.2) is 0 Å². The predicted octanol–water partition coefficient (Wildman–Crippen LogP) is -1.86. The summed E-state index contributed by atoms with van der Waals surface area (Å²) < 4.78 is 7.68. The molecule has 0 aromatic rings. The first kappa shape index (κ1) is 6.02. The fourth-order valence-corrected chi connectivity index (χ4v) is 0.882. The lowest BCUT2D eigenvalue weighted by molar-refractivity contribution is -0.223. The molecule has 0 atom stereocenters. The van der Waals surface area contributed by atoms with Gasteiger partial charge in [-0.15, -0.1) is 0 Å². The van der Waals surface area contributed by atoms with Gasteiger partial charge in [-0.1, -0.05) is 0 Å². The van der Waals surface area contributed by atoms with E-state index in [1.807, 2.05) is 0 Å².